The van der Waals surface area contributed by atoms with Crippen LogP contribution in [-0.2, 0) is 0 Å². The number of piperidine rings is 1. The van der Waals surface area contributed by atoms with E-state index in [0.29, 0.717) is 23.9 Å². The molecule has 0 bridgehead atoms. The number of nitrogens with one attached hydrogen (secondary N) is 1. The quantitative estimate of drug-likeness (QED) is 0.814. The molecule has 3 heterocycles. The molecule has 2 aromatic rings. The Kier molecular flexibility index (Phi) is 6.03. The van der Waals surface area contributed by atoms with Crippen molar-refractivity contribution in [2.45, 2.75) is 12.8 Å². The van der Waals surface area contributed by atoms with Crippen molar-refractivity contribution < 1.29 is 9.90 Å². The molecule has 7 nitrogen and oxygen atoms in total. The van der Waals surface area contributed by atoms with Gasteiger partial charge in [0.05, 0.1) is 5.56 Å². The minimum atomic E-state index is -0.169. The molecule has 0 unspecified atom stereocenters. The van der Waals surface area contributed by atoms with E-state index < -0.39 is 0 Å². The SMILES string of the molecule is O=C(NCCN1CCC[C@H](CO)C1)c1cnc(-c2ccncc2)nc1. The van der Waals surface area contributed by atoms with Gasteiger partial charge in [-0.15, -0.1) is 0 Å². The molecule has 1 amide bonds. The van der Waals surface area contributed by atoms with Crippen molar-refractivity contribution in [3.8, 4) is 11.4 Å². The smallest absolute Gasteiger partial charge is 0.254 e. The van der Waals surface area contributed by atoms with Crippen molar-refractivity contribution >= 4 is 5.91 Å². The summed E-state index contributed by atoms with van der Waals surface area (Å²) < 4.78 is 0. The number of hydrogen-bond donors (Lipinski definition) is 2. The minimum Gasteiger partial charge on any atom is -0.396 e. The van der Waals surface area contributed by atoms with Crippen LogP contribution in [-0.4, -0.2) is 63.7 Å². The van der Waals surface area contributed by atoms with E-state index >= 15 is 0 Å². The maximum Gasteiger partial charge on any atom is 0.254 e. The topological polar surface area (TPSA) is 91.2 Å². The number of carbonyl (C=O) groups excluding carboxylic acids is 1. The number of amides is 1. The summed E-state index contributed by atoms with van der Waals surface area (Å²) in [6, 6.07) is 3.65. The maximum atomic E-state index is 12.2. The van der Waals surface area contributed by atoms with Gasteiger partial charge >= 0.3 is 0 Å². The first kappa shape index (κ1) is 17.4. The molecule has 1 aliphatic rings. The lowest BCUT2D eigenvalue weighted by molar-refractivity contribution is 0.0930. The van der Waals surface area contributed by atoms with Crippen LogP contribution in [0.5, 0.6) is 0 Å². The van der Waals surface area contributed by atoms with E-state index in [1.807, 2.05) is 12.1 Å². The highest BCUT2D eigenvalue weighted by atomic mass is 16.3. The number of aromatic nitrogens is 3. The monoisotopic (exact) mass is 341 g/mol. The Morgan fingerprint density at radius 2 is 2.04 bits per heavy atom. The fourth-order valence-electron chi connectivity index (χ4n) is 3.03. The lowest BCUT2D eigenvalue weighted by Crippen LogP contribution is -2.41. The van der Waals surface area contributed by atoms with E-state index in [4.69, 9.17) is 0 Å². The molecule has 0 spiro atoms. The van der Waals surface area contributed by atoms with E-state index in [1.54, 1.807) is 24.8 Å². The highest BCUT2D eigenvalue weighted by molar-refractivity contribution is 5.93. The van der Waals surface area contributed by atoms with E-state index in [9.17, 15) is 9.90 Å². The number of nitrogens with zero attached hydrogens (tertiary/aromatic N) is 4. The Hall–Kier alpha value is -2.38. The second-order valence-electron chi connectivity index (χ2n) is 6.28. The van der Waals surface area contributed by atoms with Crippen LogP contribution in [0.1, 0.15) is 23.2 Å². The van der Waals surface area contributed by atoms with E-state index in [1.165, 1.54) is 0 Å². The van der Waals surface area contributed by atoms with Crippen LogP contribution in [0.25, 0.3) is 11.4 Å². The summed E-state index contributed by atoms with van der Waals surface area (Å²) in [6.07, 6.45) is 8.63. The van der Waals surface area contributed by atoms with E-state index in [-0.39, 0.29) is 12.5 Å². The first-order chi connectivity index (χ1) is 12.3. The van der Waals surface area contributed by atoms with Gasteiger partial charge in [-0.25, -0.2) is 9.97 Å². The summed E-state index contributed by atoms with van der Waals surface area (Å²) in [5.41, 5.74) is 1.31. The lowest BCUT2D eigenvalue weighted by Gasteiger charge is -2.31. The van der Waals surface area contributed by atoms with Crippen molar-refractivity contribution in [2.24, 2.45) is 5.92 Å². The Morgan fingerprint density at radius 3 is 2.76 bits per heavy atom. The zero-order valence-electron chi connectivity index (χ0n) is 14.1. The fourth-order valence-corrected chi connectivity index (χ4v) is 3.03. The van der Waals surface area contributed by atoms with E-state index in [0.717, 1.165) is 38.0 Å². The van der Waals surface area contributed by atoms with Crippen molar-refractivity contribution in [3.05, 3.63) is 42.5 Å². The Labute approximate surface area is 147 Å². The Morgan fingerprint density at radius 1 is 1.28 bits per heavy atom. The number of aliphatic hydroxyl groups excluding tert-OH is 1. The highest BCUT2D eigenvalue weighted by Crippen LogP contribution is 2.15. The highest BCUT2D eigenvalue weighted by Gasteiger charge is 2.18. The summed E-state index contributed by atoms with van der Waals surface area (Å²) in [5.74, 6) is 0.762. The van der Waals surface area contributed by atoms with Gasteiger partial charge in [-0.2, -0.15) is 0 Å². The molecule has 2 N–H and O–H groups in total. The number of hydrogen-bond acceptors (Lipinski definition) is 6. The molecule has 1 fully saturated rings. The lowest BCUT2D eigenvalue weighted by atomic mass is 9.99. The third-order valence-corrected chi connectivity index (χ3v) is 4.43. The largest absolute Gasteiger partial charge is 0.396 e. The van der Waals surface area contributed by atoms with Gasteiger partial charge in [0.2, 0.25) is 0 Å². The van der Waals surface area contributed by atoms with Gasteiger partial charge in [-0.1, -0.05) is 0 Å². The molecule has 1 saturated heterocycles. The molecule has 1 atom stereocenters. The van der Waals surface area contributed by atoms with Crippen LogP contribution in [0.2, 0.25) is 0 Å². The van der Waals surface area contributed by atoms with Gasteiger partial charge in [0.15, 0.2) is 5.82 Å². The number of carbonyl (C=O) groups is 1. The fraction of sp³-hybridized carbons (Fsp3) is 0.444. The van der Waals surface area contributed by atoms with Crippen molar-refractivity contribution in [3.63, 3.8) is 0 Å². The van der Waals surface area contributed by atoms with Crippen LogP contribution in [0.3, 0.4) is 0 Å². The van der Waals surface area contributed by atoms with Gasteiger partial charge in [0.25, 0.3) is 5.91 Å². The van der Waals surface area contributed by atoms with Crippen molar-refractivity contribution in [1.82, 2.24) is 25.2 Å². The average Bonchev–Trinajstić information content (AvgIpc) is 2.69. The Bertz CT molecular complexity index is 678. The molecule has 3 rings (SSSR count). The Balaban J connectivity index is 1.48. The molecule has 0 aliphatic carbocycles. The molecule has 132 valence electrons. The molecule has 1 aliphatic heterocycles. The molecule has 25 heavy (non-hydrogen) atoms. The molecule has 0 radical (unpaired) electrons. The summed E-state index contributed by atoms with van der Waals surface area (Å²) in [5, 5.41) is 12.2. The first-order valence-corrected chi connectivity index (χ1v) is 8.60. The van der Waals surface area contributed by atoms with Gasteiger partial charge in [-0.3, -0.25) is 9.78 Å². The summed E-state index contributed by atoms with van der Waals surface area (Å²) in [4.78, 5) is 26.9. The standard InChI is InChI=1S/C18H23N5O2/c24-13-14-2-1-8-23(12-14)9-7-20-18(25)16-10-21-17(22-11-16)15-3-5-19-6-4-15/h3-6,10-11,14,24H,1-2,7-9,12-13H2,(H,20,25)/t14-/m0/s1. The molecule has 0 aromatic carbocycles. The van der Waals surface area contributed by atoms with Crippen LogP contribution in [0.4, 0.5) is 0 Å². The van der Waals surface area contributed by atoms with Gasteiger partial charge in [0, 0.05) is 56.6 Å². The first-order valence-electron chi connectivity index (χ1n) is 8.60. The normalized spacial score (nSPS) is 18.0. The second-order valence-corrected chi connectivity index (χ2v) is 6.28. The molecular formula is C18H23N5O2. The third kappa shape index (κ3) is 4.80. The zero-order chi connectivity index (χ0) is 17.5. The number of aliphatic hydroxyl groups is 1. The van der Waals surface area contributed by atoms with Gasteiger partial charge in [0.1, 0.15) is 0 Å². The summed E-state index contributed by atoms with van der Waals surface area (Å²) in [7, 11) is 0. The number of pyridine rings is 1. The minimum absolute atomic E-state index is 0.169. The van der Waals surface area contributed by atoms with Crippen LogP contribution < -0.4 is 5.32 Å². The van der Waals surface area contributed by atoms with Crippen molar-refractivity contribution in [2.75, 3.05) is 32.8 Å². The average molecular weight is 341 g/mol. The molecule has 0 saturated carbocycles. The number of likely N-dealkylation sites (tertiary alicyclic amines) is 1. The molecule has 7 heteroatoms. The van der Waals surface area contributed by atoms with Crippen LogP contribution in [0, 0.1) is 5.92 Å². The van der Waals surface area contributed by atoms with Crippen LogP contribution >= 0.6 is 0 Å². The summed E-state index contributed by atoms with van der Waals surface area (Å²) >= 11 is 0. The van der Waals surface area contributed by atoms with Crippen LogP contribution in [0.15, 0.2) is 36.9 Å². The van der Waals surface area contributed by atoms with Gasteiger partial charge in [-0.05, 0) is 37.4 Å². The second kappa shape index (κ2) is 8.64. The predicted octanol–water partition coefficient (Wildman–Crippen LogP) is 0.973. The van der Waals surface area contributed by atoms with Gasteiger partial charge < -0.3 is 15.3 Å². The predicted molar refractivity (Wildman–Crippen MR) is 93.8 cm³/mol. The number of rotatable bonds is 6. The summed E-state index contributed by atoms with van der Waals surface area (Å²) in [6.45, 7) is 3.53. The van der Waals surface area contributed by atoms with E-state index in [2.05, 4.69) is 25.2 Å². The third-order valence-electron chi connectivity index (χ3n) is 4.43. The molecule has 2 aromatic heterocycles. The maximum absolute atomic E-state index is 12.2. The zero-order valence-corrected chi connectivity index (χ0v) is 14.1. The molecular weight excluding hydrogens is 318 g/mol. The van der Waals surface area contributed by atoms with Crippen molar-refractivity contribution in [1.29, 1.82) is 0 Å².